The molecule has 5 nitrogen and oxygen atoms in total. The number of amides is 1. The number of benzene rings is 1. The Balaban J connectivity index is 1.71. The van der Waals surface area contributed by atoms with Crippen molar-refractivity contribution in [3.8, 4) is 5.75 Å². The molecule has 0 radical (unpaired) electrons. The van der Waals surface area contributed by atoms with Crippen LogP contribution < -0.4 is 10.1 Å². The molecule has 1 aromatic rings. The Bertz CT molecular complexity index is 398. The second-order valence-electron chi connectivity index (χ2n) is 4.37. The van der Waals surface area contributed by atoms with Crippen LogP contribution in [-0.2, 0) is 14.3 Å². The summed E-state index contributed by atoms with van der Waals surface area (Å²) < 4.78 is 16.5. The molecule has 2 rings (SSSR count). The van der Waals surface area contributed by atoms with Gasteiger partial charge in [-0.15, -0.1) is 0 Å². The summed E-state index contributed by atoms with van der Waals surface area (Å²) in [5.74, 6) is 0.685. The van der Waals surface area contributed by atoms with Crippen LogP contribution in [-0.4, -0.2) is 32.0 Å². The van der Waals surface area contributed by atoms with Gasteiger partial charge in [0.15, 0.2) is 6.29 Å². The predicted molar refractivity (Wildman–Crippen MR) is 71.2 cm³/mol. The van der Waals surface area contributed by atoms with Gasteiger partial charge in [0.25, 0.3) is 0 Å². The van der Waals surface area contributed by atoms with Gasteiger partial charge in [-0.05, 0) is 30.7 Å². The summed E-state index contributed by atoms with van der Waals surface area (Å²) in [6, 6.07) is 7.27. The average Bonchev–Trinajstić information content (AvgIpc) is 2.41. The molecule has 5 heteroatoms. The summed E-state index contributed by atoms with van der Waals surface area (Å²) in [5.41, 5.74) is 0.763. The van der Waals surface area contributed by atoms with E-state index in [9.17, 15) is 4.79 Å². The molecule has 1 amide bonds. The van der Waals surface area contributed by atoms with Crippen LogP contribution in [0.2, 0.25) is 0 Å². The smallest absolute Gasteiger partial charge is 0.221 e. The first-order valence-corrected chi connectivity index (χ1v) is 6.48. The van der Waals surface area contributed by atoms with Crippen LogP contribution in [0.5, 0.6) is 5.75 Å². The van der Waals surface area contributed by atoms with E-state index in [2.05, 4.69) is 5.32 Å². The van der Waals surface area contributed by atoms with Crippen LogP contribution in [0.15, 0.2) is 24.3 Å². The lowest BCUT2D eigenvalue weighted by Crippen LogP contribution is -2.26. The van der Waals surface area contributed by atoms with Crippen molar-refractivity contribution in [2.45, 2.75) is 26.1 Å². The molecule has 0 aromatic heterocycles. The molecule has 0 aliphatic carbocycles. The number of nitrogens with one attached hydrogen (secondary N) is 1. The summed E-state index contributed by atoms with van der Waals surface area (Å²) in [5, 5.41) is 2.71. The maximum absolute atomic E-state index is 10.9. The molecule has 1 N–H and O–H groups in total. The molecular formula is C14H19NO4. The lowest BCUT2D eigenvalue weighted by molar-refractivity contribution is -0.183. The number of hydrogen-bond acceptors (Lipinski definition) is 4. The standard InChI is InChI=1S/C14H19NO4/c1-11(16)15-12-3-5-13(6-4-12)17-10-7-14-18-8-2-9-19-14/h3-6,14H,2,7-10H2,1H3,(H,15,16). The van der Waals surface area contributed by atoms with Crippen LogP contribution in [0, 0.1) is 0 Å². The van der Waals surface area contributed by atoms with Gasteiger partial charge in [0, 0.05) is 19.0 Å². The number of anilines is 1. The molecule has 0 unspecified atom stereocenters. The monoisotopic (exact) mass is 265 g/mol. The van der Waals surface area contributed by atoms with Crippen LogP contribution in [0.4, 0.5) is 5.69 Å². The average molecular weight is 265 g/mol. The molecule has 1 aromatic carbocycles. The van der Waals surface area contributed by atoms with Crippen LogP contribution >= 0.6 is 0 Å². The first kappa shape index (κ1) is 13.8. The quantitative estimate of drug-likeness (QED) is 0.886. The van der Waals surface area contributed by atoms with Crippen molar-refractivity contribution >= 4 is 11.6 Å². The van der Waals surface area contributed by atoms with Gasteiger partial charge in [0.2, 0.25) is 5.91 Å². The van der Waals surface area contributed by atoms with Crippen LogP contribution in [0.1, 0.15) is 19.8 Å². The van der Waals surface area contributed by atoms with Crippen molar-refractivity contribution in [2.75, 3.05) is 25.1 Å². The van der Waals surface area contributed by atoms with Crippen molar-refractivity contribution < 1.29 is 19.0 Å². The largest absolute Gasteiger partial charge is 0.493 e. The van der Waals surface area contributed by atoms with Crippen molar-refractivity contribution in [1.82, 2.24) is 0 Å². The molecule has 0 spiro atoms. The molecule has 1 saturated heterocycles. The SMILES string of the molecule is CC(=O)Nc1ccc(OCCC2OCCCO2)cc1. The minimum atomic E-state index is -0.146. The third kappa shape index (κ3) is 4.89. The van der Waals surface area contributed by atoms with E-state index in [0.29, 0.717) is 13.0 Å². The van der Waals surface area contributed by atoms with Gasteiger partial charge in [-0.3, -0.25) is 4.79 Å². The summed E-state index contributed by atoms with van der Waals surface area (Å²) >= 11 is 0. The van der Waals surface area contributed by atoms with E-state index < -0.39 is 0 Å². The topological polar surface area (TPSA) is 56.8 Å². The highest BCUT2D eigenvalue weighted by Gasteiger charge is 2.13. The molecule has 1 heterocycles. The highest BCUT2D eigenvalue weighted by Crippen LogP contribution is 2.16. The summed E-state index contributed by atoms with van der Waals surface area (Å²) in [6.45, 7) is 3.55. The minimum absolute atomic E-state index is 0.0831. The minimum Gasteiger partial charge on any atom is -0.493 e. The maximum Gasteiger partial charge on any atom is 0.221 e. The van der Waals surface area contributed by atoms with Gasteiger partial charge in [0.05, 0.1) is 19.8 Å². The van der Waals surface area contributed by atoms with E-state index in [1.54, 1.807) is 0 Å². The highest BCUT2D eigenvalue weighted by atomic mass is 16.7. The second-order valence-corrected chi connectivity index (χ2v) is 4.37. The number of carbonyl (C=O) groups excluding carboxylic acids is 1. The fourth-order valence-corrected chi connectivity index (χ4v) is 1.81. The van der Waals surface area contributed by atoms with E-state index in [0.717, 1.165) is 31.1 Å². The molecule has 0 atom stereocenters. The van der Waals surface area contributed by atoms with Crippen molar-refractivity contribution in [2.24, 2.45) is 0 Å². The Hall–Kier alpha value is -1.59. The van der Waals surface area contributed by atoms with Gasteiger partial charge < -0.3 is 19.5 Å². The van der Waals surface area contributed by atoms with E-state index in [1.165, 1.54) is 6.92 Å². The molecule has 0 bridgehead atoms. The van der Waals surface area contributed by atoms with E-state index in [-0.39, 0.29) is 12.2 Å². The predicted octanol–water partition coefficient (Wildman–Crippen LogP) is 2.18. The first-order valence-electron chi connectivity index (χ1n) is 6.48. The summed E-state index contributed by atoms with van der Waals surface area (Å²) in [6.07, 6.45) is 1.53. The Morgan fingerprint density at radius 1 is 1.32 bits per heavy atom. The van der Waals surface area contributed by atoms with E-state index >= 15 is 0 Å². The van der Waals surface area contributed by atoms with Gasteiger partial charge in [0.1, 0.15) is 5.75 Å². The zero-order valence-electron chi connectivity index (χ0n) is 11.1. The normalized spacial score (nSPS) is 16.1. The van der Waals surface area contributed by atoms with Crippen LogP contribution in [0.25, 0.3) is 0 Å². The maximum atomic E-state index is 10.9. The summed E-state index contributed by atoms with van der Waals surface area (Å²) in [4.78, 5) is 10.9. The third-order valence-corrected chi connectivity index (χ3v) is 2.69. The molecular weight excluding hydrogens is 246 g/mol. The zero-order valence-corrected chi connectivity index (χ0v) is 11.1. The Kier molecular flexibility index (Phi) is 5.18. The molecule has 104 valence electrons. The highest BCUT2D eigenvalue weighted by molar-refractivity contribution is 5.88. The number of rotatable bonds is 5. The van der Waals surface area contributed by atoms with Gasteiger partial charge in [-0.2, -0.15) is 0 Å². The van der Waals surface area contributed by atoms with Crippen LogP contribution in [0.3, 0.4) is 0 Å². The number of hydrogen-bond donors (Lipinski definition) is 1. The molecule has 1 aliphatic rings. The van der Waals surface area contributed by atoms with Crippen molar-refractivity contribution in [3.05, 3.63) is 24.3 Å². The Labute approximate surface area is 112 Å². The zero-order chi connectivity index (χ0) is 13.5. The third-order valence-electron chi connectivity index (χ3n) is 2.69. The summed E-state index contributed by atoms with van der Waals surface area (Å²) in [7, 11) is 0. The Morgan fingerprint density at radius 3 is 2.63 bits per heavy atom. The number of ether oxygens (including phenoxy) is 3. The molecule has 19 heavy (non-hydrogen) atoms. The van der Waals surface area contributed by atoms with Gasteiger partial charge in [-0.25, -0.2) is 0 Å². The second kappa shape index (κ2) is 7.11. The van der Waals surface area contributed by atoms with Gasteiger partial charge >= 0.3 is 0 Å². The van der Waals surface area contributed by atoms with Gasteiger partial charge in [-0.1, -0.05) is 0 Å². The first-order chi connectivity index (χ1) is 9.24. The van der Waals surface area contributed by atoms with E-state index in [4.69, 9.17) is 14.2 Å². The molecule has 1 aliphatic heterocycles. The van der Waals surface area contributed by atoms with Crippen molar-refractivity contribution in [3.63, 3.8) is 0 Å². The fourth-order valence-electron chi connectivity index (χ4n) is 1.81. The Morgan fingerprint density at radius 2 is 2.00 bits per heavy atom. The molecule has 0 saturated carbocycles. The fraction of sp³-hybridized carbons (Fsp3) is 0.500. The van der Waals surface area contributed by atoms with E-state index in [1.807, 2.05) is 24.3 Å². The molecule has 1 fully saturated rings. The number of carbonyl (C=O) groups is 1. The lowest BCUT2D eigenvalue weighted by Gasteiger charge is -2.23. The lowest BCUT2D eigenvalue weighted by atomic mass is 10.3. The van der Waals surface area contributed by atoms with Crippen molar-refractivity contribution in [1.29, 1.82) is 0 Å².